The molecule has 4 heteroatoms. The zero-order valence-electron chi connectivity index (χ0n) is 26.7. The number of hydrogen-bond acceptors (Lipinski definition) is 1. The summed E-state index contributed by atoms with van der Waals surface area (Å²) in [5, 5.41) is 0. The van der Waals surface area contributed by atoms with Gasteiger partial charge in [-0.1, -0.05) is 199 Å². The Balaban J connectivity index is 3.04. The Morgan fingerprint density at radius 3 is 0.615 bits per heavy atom. The third-order valence-corrected chi connectivity index (χ3v) is 11.2. The normalized spacial score (nSPS) is 12.0. The van der Waals surface area contributed by atoms with Crippen molar-refractivity contribution in [2.24, 2.45) is 0 Å². The van der Waals surface area contributed by atoms with Gasteiger partial charge in [0.2, 0.25) is 6.69 Å². The van der Waals surface area contributed by atoms with Gasteiger partial charge in [-0.3, -0.25) is 0 Å². The Morgan fingerprint density at radius 1 is 0.308 bits per heavy atom. The van der Waals surface area contributed by atoms with E-state index in [1.165, 1.54) is 205 Å². The lowest BCUT2D eigenvalue weighted by Gasteiger charge is -2.09. The van der Waals surface area contributed by atoms with Crippen LogP contribution in [0.2, 0.25) is 12.6 Å². The number of rotatable bonds is 34. The molecule has 0 radical (unpaired) electrons. The molecule has 0 amide bonds. The van der Waals surface area contributed by atoms with Crippen molar-refractivity contribution in [3.63, 3.8) is 0 Å². The van der Waals surface area contributed by atoms with Crippen LogP contribution in [0.1, 0.15) is 205 Å². The summed E-state index contributed by atoms with van der Waals surface area (Å²) in [6.45, 7) is 0.201. The average molecular weight is 624 g/mol. The van der Waals surface area contributed by atoms with Crippen LogP contribution in [0.5, 0.6) is 0 Å². The van der Waals surface area contributed by atoms with Gasteiger partial charge < -0.3 is 0 Å². The maximum Gasteiger partial charge on any atom is 0.248 e. The van der Waals surface area contributed by atoms with Crippen LogP contribution in [0.4, 0.5) is 0 Å². The molecule has 0 rings (SSSR count). The van der Waals surface area contributed by atoms with Crippen LogP contribution in [0.25, 0.3) is 0 Å². The summed E-state index contributed by atoms with van der Waals surface area (Å²) >= 11 is 16.6. The Labute approximate surface area is 264 Å². The molecule has 0 heterocycles. The summed E-state index contributed by atoms with van der Waals surface area (Å²) in [5.41, 5.74) is 0. The minimum Gasteiger partial charge on any atom is -0.179 e. The fraction of sp³-hybridized carbons (Fsp3) is 1.00. The molecule has 39 heavy (non-hydrogen) atoms. The SMILES string of the molecule is C[Si](Cl)(Cl)CCCCCCCCCCCCCCCCCCCCCCCCCCCCCCCCCCS. The lowest BCUT2D eigenvalue weighted by Crippen LogP contribution is -2.11. The maximum absolute atomic E-state index is 6.16. The molecular weight excluding hydrogens is 551 g/mol. The maximum atomic E-state index is 6.16. The number of thiol groups is 1. The summed E-state index contributed by atoms with van der Waals surface area (Å²) < 4.78 is 0. The summed E-state index contributed by atoms with van der Waals surface area (Å²) in [6.07, 6.45) is 46.2. The van der Waals surface area contributed by atoms with Gasteiger partial charge >= 0.3 is 0 Å². The van der Waals surface area contributed by atoms with E-state index in [9.17, 15) is 0 Å². The molecule has 0 saturated carbocycles. The van der Waals surface area contributed by atoms with E-state index < -0.39 is 6.69 Å². The van der Waals surface area contributed by atoms with Crippen LogP contribution in [0.15, 0.2) is 0 Å². The van der Waals surface area contributed by atoms with E-state index in [4.69, 9.17) is 22.2 Å². The predicted molar refractivity (Wildman–Crippen MR) is 190 cm³/mol. The molecule has 0 aromatic carbocycles. The van der Waals surface area contributed by atoms with Crippen LogP contribution >= 0.6 is 34.8 Å². The van der Waals surface area contributed by atoms with Crippen LogP contribution in [-0.4, -0.2) is 12.4 Å². The molecule has 0 N–H and O–H groups in total. The summed E-state index contributed by atoms with van der Waals surface area (Å²) in [7, 11) is 0. The Hall–Kier alpha value is 1.15. The van der Waals surface area contributed by atoms with E-state index in [0.717, 1.165) is 11.8 Å². The van der Waals surface area contributed by atoms with Gasteiger partial charge in [0, 0.05) is 0 Å². The standard InChI is InChI=1S/C35H72Cl2SSi/c1-39(36,37)35-33-31-29-27-25-23-21-19-17-15-13-11-9-7-5-3-2-4-6-8-10-12-14-16-18-20-22-24-26-28-30-32-34-38/h38H,2-35H2,1H3. The second-order valence-electron chi connectivity index (χ2n) is 12.9. The first-order chi connectivity index (χ1) is 19.1. The minimum atomic E-state index is -1.84. The third kappa shape index (κ3) is 39.1. The zero-order chi connectivity index (χ0) is 28.5. The van der Waals surface area contributed by atoms with Gasteiger partial charge in [0.25, 0.3) is 0 Å². The van der Waals surface area contributed by atoms with Crippen molar-refractivity contribution in [1.82, 2.24) is 0 Å². The molecule has 0 saturated heterocycles. The topological polar surface area (TPSA) is 0 Å². The zero-order valence-corrected chi connectivity index (χ0v) is 30.2. The van der Waals surface area contributed by atoms with Crippen LogP contribution in [0.3, 0.4) is 0 Å². The van der Waals surface area contributed by atoms with Crippen molar-refractivity contribution in [3.05, 3.63) is 0 Å². The van der Waals surface area contributed by atoms with Crippen molar-refractivity contribution >= 4 is 41.5 Å². The number of hydrogen-bond donors (Lipinski definition) is 1. The third-order valence-electron chi connectivity index (χ3n) is 8.52. The molecule has 0 bridgehead atoms. The quantitative estimate of drug-likeness (QED) is 0.0313. The molecule has 0 aliphatic heterocycles. The van der Waals surface area contributed by atoms with E-state index in [1.807, 2.05) is 6.55 Å². The average Bonchev–Trinajstić information content (AvgIpc) is 2.90. The van der Waals surface area contributed by atoms with Gasteiger partial charge in [0.15, 0.2) is 0 Å². The second-order valence-corrected chi connectivity index (χ2v) is 21.5. The summed E-state index contributed by atoms with van der Waals surface area (Å²) in [5.74, 6) is 1.07. The molecule has 236 valence electrons. The van der Waals surface area contributed by atoms with Gasteiger partial charge in [-0.05, 0) is 24.8 Å². The van der Waals surface area contributed by atoms with E-state index in [-0.39, 0.29) is 0 Å². The highest BCUT2D eigenvalue weighted by atomic mass is 35.7. The lowest BCUT2D eigenvalue weighted by atomic mass is 10.0. The molecule has 0 nitrogen and oxygen atoms in total. The molecule has 0 aliphatic carbocycles. The smallest absolute Gasteiger partial charge is 0.179 e. The molecule has 0 aliphatic rings. The van der Waals surface area contributed by atoms with Crippen LogP contribution in [-0.2, 0) is 0 Å². The molecule has 0 aromatic rings. The van der Waals surface area contributed by atoms with E-state index in [0.29, 0.717) is 0 Å². The van der Waals surface area contributed by atoms with Gasteiger partial charge in [0.1, 0.15) is 0 Å². The Bertz CT molecular complexity index is 441. The molecule has 0 aromatic heterocycles. The molecule has 0 unspecified atom stereocenters. The second kappa shape index (κ2) is 33.6. The van der Waals surface area contributed by atoms with Crippen LogP contribution < -0.4 is 0 Å². The Morgan fingerprint density at radius 2 is 0.462 bits per heavy atom. The van der Waals surface area contributed by atoms with Crippen molar-refractivity contribution in [2.75, 3.05) is 5.75 Å². The fourth-order valence-corrected chi connectivity index (χ4v) is 7.75. The monoisotopic (exact) mass is 622 g/mol. The molecular formula is C35H72Cl2SSi. The highest BCUT2D eigenvalue weighted by Gasteiger charge is 2.19. The Kier molecular flexibility index (Phi) is 34.6. The van der Waals surface area contributed by atoms with Gasteiger partial charge in [-0.25, -0.2) is 0 Å². The minimum absolute atomic E-state index is 1.06. The summed E-state index contributed by atoms with van der Waals surface area (Å²) in [4.78, 5) is 0. The van der Waals surface area contributed by atoms with Crippen molar-refractivity contribution < 1.29 is 0 Å². The van der Waals surface area contributed by atoms with E-state index >= 15 is 0 Å². The molecule has 0 fully saturated rings. The molecule has 0 spiro atoms. The highest BCUT2D eigenvalue weighted by Crippen LogP contribution is 2.23. The van der Waals surface area contributed by atoms with Gasteiger partial charge in [-0.2, -0.15) is 12.6 Å². The summed E-state index contributed by atoms with van der Waals surface area (Å²) in [6, 6.07) is 1.06. The molecule has 0 atom stereocenters. The highest BCUT2D eigenvalue weighted by molar-refractivity contribution is 7.80. The predicted octanol–water partition coefficient (Wildman–Crippen LogP) is 14.9. The van der Waals surface area contributed by atoms with E-state index in [1.54, 1.807) is 0 Å². The first-order valence-electron chi connectivity index (χ1n) is 18.0. The number of halogens is 2. The van der Waals surface area contributed by atoms with Crippen molar-refractivity contribution in [2.45, 2.75) is 218 Å². The van der Waals surface area contributed by atoms with Crippen LogP contribution in [0, 0.1) is 0 Å². The van der Waals surface area contributed by atoms with Crippen molar-refractivity contribution in [3.8, 4) is 0 Å². The van der Waals surface area contributed by atoms with E-state index in [2.05, 4.69) is 12.6 Å². The first kappa shape index (κ1) is 40.1. The largest absolute Gasteiger partial charge is 0.248 e. The van der Waals surface area contributed by atoms with Gasteiger partial charge in [-0.15, -0.1) is 22.2 Å². The first-order valence-corrected chi connectivity index (χ1v) is 23.4. The lowest BCUT2D eigenvalue weighted by molar-refractivity contribution is 0.512. The van der Waals surface area contributed by atoms with Crippen molar-refractivity contribution in [1.29, 1.82) is 0 Å². The number of unbranched alkanes of at least 4 members (excludes halogenated alkanes) is 31. The van der Waals surface area contributed by atoms with Gasteiger partial charge in [0.05, 0.1) is 0 Å². The fourth-order valence-electron chi connectivity index (χ4n) is 5.85.